The van der Waals surface area contributed by atoms with Gasteiger partial charge in [-0.1, -0.05) is 36.9 Å². The van der Waals surface area contributed by atoms with Crippen molar-refractivity contribution in [2.75, 3.05) is 41.3 Å². The Morgan fingerprint density at radius 3 is 2.40 bits per heavy atom. The summed E-state index contributed by atoms with van der Waals surface area (Å²) in [6, 6.07) is 8.57. The van der Waals surface area contributed by atoms with Crippen molar-refractivity contribution in [2.45, 2.75) is 19.4 Å². The van der Waals surface area contributed by atoms with Gasteiger partial charge in [0.15, 0.2) is 0 Å². The second kappa shape index (κ2) is 9.17. The molecule has 1 aromatic rings. The SMILES string of the molecule is C=Cc1ccccc1C[N+](C)(C)CCCCN(C)C.[Cl-]. The van der Waals surface area contributed by atoms with Crippen molar-refractivity contribution in [2.24, 2.45) is 0 Å². The minimum Gasteiger partial charge on any atom is -1.00 e. The predicted octanol–water partition coefficient (Wildman–Crippen LogP) is 0.252. The van der Waals surface area contributed by atoms with E-state index in [1.54, 1.807) is 0 Å². The van der Waals surface area contributed by atoms with E-state index >= 15 is 0 Å². The molecule has 0 heterocycles. The third-order valence-electron chi connectivity index (χ3n) is 3.49. The highest BCUT2D eigenvalue weighted by Gasteiger charge is 2.16. The Morgan fingerprint density at radius 1 is 1.15 bits per heavy atom. The largest absolute Gasteiger partial charge is 1.00 e. The van der Waals surface area contributed by atoms with Gasteiger partial charge < -0.3 is 21.8 Å². The summed E-state index contributed by atoms with van der Waals surface area (Å²) < 4.78 is 1.04. The van der Waals surface area contributed by atoms with Crippen LogP contribution in [-0.2, 0) is 6.54 Å². The molecular weight excluding hydrogens is 268 g/mol. The van der Waals surface area contributed by atoms with Gasteiger partial charge in [-0.25, -0.2) is 0 Å². The van der Waals surface area contributed by atoms with Crippen molar-refractivity contribution in [1.82, 2.24) is 4.90 Å². The van der Waals surface area contributed by atoms with E-state index in [1.165, 1.54) is 37.1 Å². The molecule has 0 atom stereocenters. The molecule has 0 amide bonds. The summed E-state index contributed by atoms with van der Waals surface area (Å²) in [5, 5.41) is 0. The second-order valence-electron chi connectivity index (χ2n) is 6.23. The Labute approximate surface area is 131 Å². The Balaban J connectivity index is 0.00000361. The summed E-state index contributed by atoms with van der Waals surface area (Å²) in [6.07, 6.45) is 4.51. The van der Waals surface area contributed by atoms with Crippen LogP contribution in [0.2, 0.25) is 0 Å². The zero-order valence-corrected chi connectivity index (χ0v) is 14.2. The number of quaternary nitrogens is 1. The Bertz CT molecular complexity index is 400. The predicted molar refractivity (Wildman–Crippen MR) is 85.0 cm³/mol. The monoisotopic (exact) mass is 296 g/mol. The molecule has 0 spiro atoms. The van der Waals surface area contributed by atoms with Crippen LogP contribution in [0.1, 0.15) is 24.0 Å². The summed E-state index contributed by atoms with van der Waals surface area (Å²) >= 11 is 0. The van der Waals surface area contributed by atoms with Gasteiger partial charge in [-0.2, -0.15) is 0 Å². The maximum absolute atomic E-state index is 3.90. The van der Waals surface area contributed by atoms with E-state index < -0.39 is 0 Å². The Kier molecular flexibility index (Phi) is 8.79. The highest BCUT2D eigenvalue weighted by atomic mass is 35.5. The molecule has 0 fully saturated rings. The molecule has 0 radical (unpaired) electrons. The van der Waals surface area contributed by atoms with Gasteiger partial charge in [0.2, 0.25) is 0 Å². The van der Waals surface area contributed by atoms with Gasteiger partial charge in [0.05, 0.1) is 20.6 Å². The molecule has 0 unspecified atom stereocenters. The third kappa shape index (κ3) is 7.09. The van der Waals surface area contributed by atoms with E-state index in [-0.39, 0.29) is 12.4 Å². The Morgan fingerprint density at radius 2 is 1.80 bits per heavy atom. The van der Waals surface area contributed by atoms with Crippen molar-refractivity contribution in [3.05, 3.63) is 42.0 Å². The zero-order chi connectivity index (χ0) is 14.3. The second-order valence-corrected chi connectivity index (χ2v) is 6.23. The Hall–Kier alpha value is -0.830. The van der Waals surface area contributed by atoms with Gasteiger partial charge in [-0.05, 0) is 39.0 Å². The molecule has 0 N–H and O–H groups in total. The molecule has 0 aliphatic carbocycles. The topological polar surface area (TPSA) is 3.24 Å². The molecule has 114 valence electrons. The number of unbranched alkanes of at least 4 members (excludes halogenated alkanes) is 1. The molecule has 0 bridgehead atoms. The van der Waals surface area contributed by atoms with E-state index in [1.807, 2.05) is 6.08 Å². The number of benzene rings is 1. The lowest BCUT2D eigenvalue weighted by Crippen LogP contribution is -3.00. The number of hydrogen-bond donors (Lipinski definition) is 0. The van der Waals surface area contributed by atoms with Crippen LogP contribution in [0.15, 0.2) is 30.8 Å². The van der Waals surface area contributed by atoms with Gasteiger partial charge in [0.1, 0.15) is 6.54 Å². The maximum atomic E-state index is 3.90. The molecule has 20 heavy (non-hydrogen) atoms. The van der Waals surface area contributed by atoms with Crippen molar-refractivity contribution in [3.63, 3.8) is 0 Å². The molecular formula is C17H29ClN2. The van der Waals surface area contributed by atoms with Crippen molar-refractivity contribution < 1.29 is 16.9 Å². The number of nitrogens with zero attached hydrogens (tertiary/aromatic N) is 2. The average molecular weight is 297 g/mol. The van der Waals surface area contributed by atoms with Crippen LogP contribution in [-0.4, -0.2) is 50.7 Å². The first-order valence-electron chi connectivity index (χ1n) is 7.12. The molecule has 1 rings (SSSR count). The third-order valence-corrected chi connectivity index (χ3v) is 3.49. The lowest BCUT2D eigenvalue weighted by Gasteiger charge is -2.30. The summed E-state index contributed by atoms with van der Waals surface area (Å²) in [6.45, 7) is 7.38. The molecule has 0 aromatic heterocycles. The summed E-state index contributed by atoms with van der Waals surface area (Å²) in [4.78, 5) is 2.26. The first-order chi connectivity index (χ1) is 8.94. The molecule has 0 aliphatic rings. The van der Waals surface area contributed by atoms with Gasteiger partial charge in [-0.3, -0.25) is 0 Å². The van der Waals surface area contributed by atoms with Crippen molar-refractivity contribution >= 4 is 6.08 Å². The smallest absolute Gasteiger partial charge is 0.105 e. The zero-order valence-electron chi connectivity index (χ0n) is 13.4. The highest BCUT2D eigenvalue weighted by molar-refractivity contribution is 5.51. The fourth-order valence-corrected chi connectivity index (χ4v) is 2.39. The lowest BCUT2D eigenvalue weighted by atomic mass is 10.1. The van der Waals surface area contributed by atoms with Gasteiger partial charge in [-0.15, -0.1) is 0 Å². The van der Waals surface area contributed by atoms with Crippen LogP contribution >= 0.6 is 0 Å². The molecule has 0 saturated heterocycles. The lowest BCUT2D eigenvalue weighted by molar-refractivity contribution is -0.903. The fourth-order valence-electron chi connectivity index (χ4n) is 2.39. The summed E-state index contributed by atoms with van der Waals surface area (Å²) in [5.41, 5.74) is 2.66. The standard InChI is InChI=1S/C17H29N2.ClH/c1-6-16-11-7-8-12-17(16)15-19(4,5)14-10-9-13-18(2)3;/h6-8,11-12H,1,9-10,13-15H2,2-5H3;1H/q+1;/p-1. The van der Waals surface area contributed by atoms with Gasteiger partial charge in [0.25, 0.3) is 0 Å². The van der Waals surface area contributed by atoms with E-state index in [0.29, 0.717) is 0 Å². The van der Waals surface area contributed by atoms with E-state index in [0.717, 1.165) is 11.0 Å². The van der Waals surface area contributed by atoms with Crippen molar-refractivity contribution in [3.8, 4) is 0 Å². The van der Waals surface area contributed by atoms with Crippen LogP contribution in [0.25, 0.3) is 6.08 Å². The fraction of sp³-hybridized carbons (Fsp3) is 0.529. The minimum absolute atomic E-state index is 0. The maximum Gasteiger partial charge on any atom is 0.105 e. The number of rotatable bonds is 8. The van der Waals surface area contributed by atoms with Crippen LogP contribution in [0.5, 0.6) is 0 Å². The van der Waals surface area contributed by atoms with E-state index in [4.69, 9.17) is 0 Å². The van der Waals surface area contributed by atoms with Crippen LogP contribution in [0.3, 0.4) is 0 Å². The molecule has 0 saturated carbocycles. The first kappa shape index (κ1) is 19.2. The quantitative estimate of drug-likeness (QED) is 0.491. The van der Waals surface area contributed by atoms with Gasteiger partial charge in [0, 0.05) is 5.56 Å². The molecule has 2 nitrogen and oxygen atoms in total. The van der Waals surface area contributed by atoms with Gasteiger partial charge >= 0.3 is 0 Å². The molecule has 3 heteroatoms. The van der Waals surface area contributed by atoms with Crippen LogP contribution in [0.4, 0.5) is 0 Å². The minimum atomic E-state index is 0. The molecule has 1 aromatic carbocycles. The first-order valence-corrected chi connectivity index (χ1v) is 7.12. The average Bonchev–Trinajstić information content (AvgIpc) is 2.35. The molecule has 0 aliphatic heterocycles. The van der Waals surface area contributed by atoms with Crippen LogP contribution in [0, 0.1) is 0 Å². The normalized spacial score (nSPS) is 11.2. The number of hydrogen-bond acceptors (Lipinski definition) is 1. The highest BCUT2D eigenvalue weighted by Crippen LogP contribution is 2.16. The van der Waals surface area contributed by atoms with E-state index in [2.05, 4.69) is 63.9 Å². The number of halogens is 1. The van der Waals surface area contributed by atoms with Crippen molar-refractivity contribution in [1.29, 1.82) is 0 Å². The van der Waals surface area contributed by atoms with E-state index in [9.17, 15) is 0 Å². The van der Waals surface area contributed by atoms with Crippen LogP contribution < -0.4 is 12.4 Å². The summed E-state index contributed by atoms with van der Waals surface area (Å²) in [7, 11) is 8.91. The summed E-state index contributed by atoms with van der Waals surface area (Å²) in [5.74, 6) is 0.